The molecule has 0 saturated heterocycles. The van der Waals surface area contributed by atoms with E-state index in [1.165, 1.54) is 12.1 Å². The quantitative estimate of drug-likeness (QED) is 0.821. The van der Waals surface area contributed by atoms with Crippen molar-refractivity contribution in [3.63, 3.8) is 0 Å². The first kappa shape index (κ1) is 11.6. The molecule has 0 aliphatic rings. The molecule has 0 heterocycles. The van der Waals surface area contributed by atoms with Gasteiger partial charge >= 0.3 is 0 Å². The average molecular weight is 213 g/mol. The summed E-state index contributed by atoms with van der Waals surface area (Å²) < 4.78 is 26.0. The van der Waals surface area contributed by atoms with Gasteiger partial charge in [0.25, 0.3) is 5.91 Å². The van der Waals surface area contributed by atoms with Crippen LogP contribution in [0.3, 0.4) is 0 Å². The SMILES string of the molecule is CCC(C)NC(=O)c1cccc(F)c1F. The van der Waals surface area contributed by atoms with E-state index in [1.807, 2.05) is 6.92 Å². The van der Waals surface area contributed by atoms with Crippen LogP contribution in [0.1, 0.15) is 30.6 Å². The van der Waals surface area contributed by atoms with Gasteiger partial charge in [-0.3, -0.25) is 4.79 Å². The highest BCUT2D eigenvalue weighted by molar-refractivity contribution is 5.94. The number of carbonyl (C=O) groups excluding carboxylic acids is 1. The first-order chi connectivity index (χ1) is 7.06. The molecule has 1 atom stereocenters. The molecule has 0 spiro atoms. The molecule has 0 radical (unpaired) electrons. The van der Waals surface area contributed by atoms with Gasteiger partial charge in [-0.05, 0) is 25.5 Å². The standard InChI is InChI=1S/C11H13F2NO/c1-3-7(2)14-11(15)8-5-4-6-9(12)10(8)13/h4-7H,3H2,1-2H3,(H,14,15). The highest BCUT2D eigenvalue weighted by atomic mass is 19.2. The summed E-state index contributed by atoms with van der Waals surface area (Å²) in [5, 5.41) is 2.57. The fourth-order valence-electron chi connectivity index (χ4n) is 1.08. The molecule has 0 saturated carbocycles. The molecule has 82 valence electrons. The fourth-order valence-corrected chi connectivity index (χ4v) is 1.08. The van der Waals surface area contributed by atoms with Crippen molar-refractivity contribution in [3.05, 3.63) is 35.4 Å². The minimum atomic E-state index is -1.10. The lowest BCUT2D eigenvalue weighted by Gasteiger charge is -2.11. The summed E-state index contributed by atoms with van der Waals surface area (Å²) in [7, 11) is 0. The van der Waals surface area contributed by atoms with Gasteiger partial charge in [0.15, 0.2) is 11.6 Å². The summed E-state index contributed by atoms with van der Waals surface area (Å²) in [6.45, 7) is 3.70. The Labute approximate surface area is 87.3 Å². The van der Waals surface area contributed by atoms with Gasteiger partial charge in [-0.15, -0.1) is 0 Å². The molecule has 0 aromatic heterocycles. The highest BCUT2D eigenvalue weighted by Crippen LogP contribution is 2.11. The monoisotopic (exact) mass is 213 g/mol. The maximum Gasteiger partial charge on any atom is 0.254 e. The number of hydrogen-bond donors (Lipinski definition) is 1. The van der Waals surface area contributed by atoms with Gasteiger partial charge in [0.2, 0.25) is 0 Å². The second kappa shape index (κ2) is 4.87. The highest BCUT2D eigenvalue weighted by Gasteiger charge is 2.15. The molecule has 2 nitrogen and oxygen atoms in total. The van der Waals surface area contributed by atoms with Crippen molar-refractivity contribution in [2.75, 3.05) is 0 Å². The molecule has 1 N–H and O–H groups in total. The Morgan fingerprint density at radius 3 is 2.73 bits per heavy atom. The van der Waals surface area contributed by atoms with Crippen molar-refractivity contribution in [1.29, 1.82) is 0 Å². The van der Waals surface area contributed by atoms with E-state index in [9.17, 15) is 13.6 Å². The molecule has 1 rings (SSSR count). The third-order valence-electron chi connectivity index (χ3n) is 2.19. The zero-order valence-corrected chi connectivity index (χ0v) is 8.68. The maximum absolute atomic E-state index is 13.2. The van der Waals surface area contributed by atoms with E-state index in [0.29, 0.717) is 0 Å². The summed E-state index contributed by atoms with van der Waals surface area (Å²) in [6, 6.07) is 3.50. The van der Waals surface area contributed by atoms with Crippen LogP contribution in [0.5, 0.6) is 0 Å². The lowest BCUT2D eigenvalue weighted by atomic mass is 10.1. The molecule has 0 aliphatic carbocycles. The molecule has 0 fully saturated rings. The van der Waals surface area contributed by atoms with Crippen molar-refractivity contribution >= 4 is 5.91 Å². The topological polar surface area (TPSA) is 29.1 Å². The zero-order valence-electron chi connectivity index (χ0n) is 8.68. The Kier molecular flexibility index (Phi) is 3.77. The Morgan fingerprint density at radius 2 is 2.13 bits per heavy atom. The van der Waals surface area contributed by atoms with Crippen LogP contribution in [-0.2, 0) is 0 Å². The number of benzene rings is 1. The maximum atomic E-state index is 13.2. The Morgan fingerprint density at radius 1 is 1.47 bits per heavy atom. The van der Waals surface area contributed by atoms with Crippen LogP contribution >= 0.6 is 0 Å². The fraction of sp³-hybridized carbons (Fsp3) is 0.364. The number of carbonyl (C=O) groups is 1. The molecule has 1 aromatic rings. The van der Waals surface area contributed by atoms with Crippen LogP contribution in [0.2, 0.25) is 0 Å². The zero-order chi connectivity index (χ0) is 11.4. The van der Waals surface area contributed by atoms with Crippen molar-refractivity contribution in [3.8, 4) is 0 Å². The van der Waals surface area contributed by atoms with E-state index >= 15 is 0 Å². The Bertz CT molecular complexity index is 366. The van der Waals surface area contributed by atoms with Crippen molar-refractivity contribution in [2.24, 2.45) is 0 Å². The molecule has 0 bridgehead atoms. The lowest BCUT2D eigenvalue weighted by Crippen LogP contribution is -2.32. The second-order valence-electron chi connectivity index (χ2n) is 3.38. The first-order valence-electron chi connectivity index (χ1n) is 4.81. The van der Waals surface area contributed by atoms with Crippen LogP contribution < -0.4 is 5.32 Å². The number of amides is 1. The molecular weight excluding hydrogens is 200 g/mol. The van der Waals surface area contributed by atoms with Gasteiger partial charge in [-0.1, -0.05) is 13.0 Å². The van der Waals surface area contributed by atoms with Crippen molar-refractivity contribution in [2.45, 2.75) is 26.3 Å². The van der Waals surface area contributed by atoms with Gasteiger partial charge < -0.3 is 5.32 Å². The summed E-state index contributed by atoms with van der Waals surface area (Å²) in [5.41, 5.74) is -0.254. The van der Waals surface area contributed by atoms with E-state index in [1.54, 1.807) is 6.92 Å². The minimum Gasteiger partial charge on any atom is -0.350 e. The first-order valence-corrected chi connectivity index (χ1v) is 4.81. The van der Waals surface area contributed by atoms with E-state index < -0.39 is 17.5 Å². The third kappa shape index (κ3) is 2.75. The number of rotatable bonds is 3. The summed E-state index contributed by atoms with van der Waals surface area (Å²) in [6.07, 6.45) is 0.739. The smallest absolute Gasteiger partial charge is 0.254 e. The van der Waals surface area contributed by atoms with E-state index in [4.69, 9.17) is 0 Å². The van der Waals surface area contributed by atoms with Crippen LogP contribution in [0.15, 0.2) is 18.2 Å². The van der Waals surface area contributed by atoms with Gasteiger partial charge in [0, 0.05) is 6.04 Å². The Hall–Kier alpha value is -1.45. The molecule has 0 aliphatic heterocycles. The summed E-state index contributed by atoms with van der Waals surface area (Å²) >= 11 is 0. The Balaban J connectivity index is 2.87. The predicted octanol–water partition coefficient (Wildman–Crippen LogP) is 2.49. The molecule has 1 amide bonds. The minimum absolute atomic E-state index is 0.0554. The van der Waals surface area contributed by atoms with Crippen LogP contribution in [-0.4, -0.2) is 11.9 Å². The van der Waals surface area contributed by atoms with E-state index in [2.05, 4.69) is 5.32 Å². The molecule has 15 heavy (non-hydrogen) atoms. The number of hydrogen-bond acceptors (Lipinski definition) is 1. The van der Waals surface area contributed by atoms with Crippen molar-refractivity contribution in [1.82, 2.24) is 5.32 Å². The molecule has 1 unspecified atom stereocenters. The second-order valence-corrected chi connectivity index (χ2v) is 3.38. The average Bonchev–Trinajstić information content (AvgIpc) is 2.21. The number of nitrogens with one attached hydrogen (secondary N) is 1. The van der Waals surface area contributed by atoms with Gasteiger partial charge in [0.05, 0.1) is 5.56 Å². The molecular formula is C11H13F2NO. The number of halogens is 2. The molecule has 1 aromatic carbocycles. The normalized spacial score (nSPS) is 12.3. The van der Waals surface area contributed by atoms with Gasteiger partial charge in [-0.2, -0.15) is 0 Å². The van der Waals surface area contributed by atoms with Gasteiger partial charge in [-0.25, -0.2) is 8.78 Å². The van der Waals surface area contributed by atoms with E-state index in [0.717, 1.165) is 12.5 Å². The summed E-state index contributed by atoms with van der Waals surface area (Å²) in [5.74, 6) is -2.69. The third-order valence-corrected chi connectivity index (χ3v) is 2.19. The van der Waals surface area contributed by atoms with Crippen molar-refractivity contribution < 1.29 is 13.6 Å². The van der Waals surface area contributed by atoms with Crippen LogP contribution in [0, 0.1) is 11.6 Å². The van der Waals surface area contributed by atoms with Crippen LogP contribution in [0.4, 0.5) is 8.78 Å². The predicted molar refractivity (Wildman–Crippen MR) is 53.6 cm³/mol. The summed E-state index contributed by atoms with van der Waals surface area (Å²) in [4.78, 5) is 11.5. The largest absolute Gasteiger partial charge is 0.350 e. The van der Waals surface area contributed by atoms with E-state index in [-0.39, 0.29) is 11.6 Å². The molecule has 4 heteroatoms. The van der Waals surface area contributed by atoms with Crippen LogP contribution in [0.25, 0.3) is 0 Å². The lowest BCUT2D eigenvalue weighted by molar-refractivity contribution is 0.0934. The van der Waals surface area contributed by atoms with Gasteiger partial charge in [0.1, 0.15) is 0 Å².